The van der Waals surface area contributed by atoms with Crippen molar-refractivity contribution in [2.75, 3.05) is 13.1 Å². The molecule has 3 heteroatoms. The molecule has 2 rings (SSSR count). The van der Waals surface area contributed by atoms with Crippen molar-refractivity contribution in [2.24, 2.45) is 0 Å². The van der Waals surface area contributed by atoms with E-state index in [9.17, 15) is 5.11 Å². The molecular weight excluding hydrogens is 248 g/mol. The Morgan fingerprint density at radius 3 is 2.30 bits per heavy atom. The third kappa shape index (κ3) is 3.15. The highest BCUT2D eigenvalue weighted by Crippen LogP contribution is 2.31. The van der Waals surface area contributed by atoms with Crippen LogP contribution in [-0.2, 0) is 6.54 Å². The first-order valence-corrected chi connectivity index (χ1v) is 7.69. The minimum Gasteiger partial charge on any atom is -0.508 e. The molecule has 0 spiro atoms. The predicted molar refractivity (Wildman–Crippen MR) is 83.9 cm³/mol. The van der Waals surface area contributed by atoms with E-state index in [1.54, 1.807) is 12.1 Å². The van der Waals surface area contributed by atoms with E-state index < -0.39 is 0 Å². The van der Waals surface area contributed by atoms with E-state index in [2.05, 4.69) is 37.9 Å². The summed E-state index contributed by atoms with van der Waals surface area (Å²) in [5, 5.41) is 13.1. The van der Waals surface area contributed by atoms with E-state index in [0.717, 1.165) is 32.5 Å². The zero-order valence-corrected chi connectivity index (χ0v) is 13.2. The molecule has 20 heavy (non-hydrogen) atoms. The maximum Gasteiger partial charge on any atom is 0.115 e. The van der Waals surface area contributed by atoms with Gasteiger partial charge in [0.1, 0.15) is 5.75 Å². The molecule has 1 aromatic rings. The summed E-state index contributed by atoms with van der Waals surface area (Å²) in [5.74, 6) is 0.339. The molecule has 1 aromatic carbocycles. The van der Waals surface area contributed by atoms with Gasteiger partial charge in [0.2, 0.25) is 0 Å². The predicted octanol–water partition coefficient (Wildman–Crippen LogP) is 3.13. The van der Waals surface area contributed by atoms with Crippen molar-refractivity contribution < 1.29 is 5.11 Å². The molecule has 0 amide bonds. The topological polar surface area (TPSA) is 35.5 Å². The van der Waals surface area contributed by atoms with E-state index >= 15 is 0 Å². The van der Waals surface area contributed by atoms with Crippen molar-refractivity contribution in [1.29, 1.82) is 0 Å². The Kier molecular flexibility index (Phi) is 4.40. The van der Waals surface area contributed by atoms with Crippen LogP contribution in [0.2, 0.25) is 0 Å². The van der Waals surface area contributed by atoms with E-state index in [1.165, 1.54) is 5.56 Å². The van der Waals surface area contributed by atoms with Gasteiger partial charge in [0.05, 0.1) is 0 Å². The van der Waals surface area contributed by atoms with Crippen LogP contribution in [0.5, 0.6) is 5.75 Å². The molecule has 0 saturated carbocycles. The fraction of sp³-hybridized carbons (Fsp3) is 0.647. The molecule has 3 nitrogen and oxygen atoms in total. The molecule has 1 saturated heterocycles. The fourth-order valence-corrected chi connectivity index (χ4v) is 3.21. The zero-order chi connectivity index (χ0) is 14.8. The van der Waals surface area contributed by atoms with Crippen LogP contribution in [-0.4, -0.2) is 34.2 Å². The van der Waals surface area contributed by atoms with E-state index in [1.807, 2.05) is 12.1 Å². The number of phenols is 1. The molecule has 1 aliphatic rings. The number of nitrogens with one attached hydrogen (secondary N) is 1. The molecule has 1 heterocycles. The van der Waals surface area contributed by atoms with Gasteiger partial charge in [0.25, 0.3) is 0 Å². The summed E-state index contributed by atoms with van der Waals surface area (Å²) in [7, 11) is 0. The largest absolute Gasteiger partial charge is 0.508 e. The Bertz CT molecular complexity index is 435. The lowest BCUT2D eigenvalue weighted by Crippen LogP contribution is -2.67. The van der Waals surface area contributed by atoms with Gasteiger partial charge in [-0.25, -0.2) is 0 Å². The van der Waals surface area contributed by atoms with Gasteiger partial charge in [-0.1, -0.05) is 26.0 Å². The van der Waals surface area contributed by atoms with Crippen LogP contribution >= 0.6 is 0 Å². The second kappa shape index (κ2) is 5.74. The standard InChI is InChI=1S/C17H28N2O/c1-5-17(6-2)12-18-16(3,4)13-19(17)11-14-7-9-15(20)10-8-14/h7-10,18,20H,5-6,11-13H2,1-4H3. The zero-order valence-electron chi connectivity index (χ0n) is 13.2. The molecule has 1 fully saturated rings. The van der Waals surface area contributed by atoms with Gasteiger partial charge in [0, 0.05) is 30.7 Å². The average molecular weight is 276 g/mol. The van der Waals surface area contributed by atoms with E-state index in [4.69, 9.17) is 0 Å². The van der Waals surface area contributed by atoms with Crippen molar-refractivity contribution >= 4 is 0 Å². The first-order valence-electron chi connectivity index (χ1n) is 7.69. The second-order valence-corrected chi connectivity index (χ2v) is 6.69. The van der Waals surface area contributed by atoms with Gasteiger partial charge < -0.3 is 10.4 Å². The minimum absolute atomic E-state index is 0.157. The Morgan fingerprint density at radius 1 is 1.15 bits per heavy atom. The summed E-state index contributed by atoms with van der Waals surface area (Å²) < 4.78 is 0. The van der Waals surface area contributed by atoms with Gasteiger partial charge in [-0.15, -0.1) is 0 Å². The lowest BCUT2D eigenvalue weighted by Gasteiger charge is -2.52. The first-order chi connectivity index (χ1) is 9.41. The number of hydrogen-bond donors (Lipinski definition) is 2. The van der Waals surface area contributed by atoms with Crippen LogP contribution in [0.1, 0.15) is 46.1 Å². The normalized spacial score (nSPS) is 21.8. The highest BCUT2D eigenvalue weighted by molar-refractivity contribution is 5.26. The minimum atomic E-state index is 0.157. The Labute approximate surface area is 123 Å². The molecule has 0 radical (unpaired) electrons. The lowest BCUT2D eigenvalue weighted by atomic mass is 9.84. The van der Waals surface area contributed by atoms with Crippen molar-refractivity contribution in [3.05, 3.63) is 29.8 Å². The van der Waals surface area contributed by atoms with Gasteiger partial charge in [-0.3, -0.25) is 4.90 Å². The number of aromatic hydroxyl groups is 1. The smallest absolute Gasteiger partial charge is 0.115 e. The second-order valence-electron chi connectivity index (χ2n) is 6.69. The summed E-state index contributed by atoms with van der Waals surface area (Å²) in [6, 6.07) is 7.62. The molecule has 112 valence electrons. The van der Waals surface area contributed by atoms with Crippen molar-refractivity contribution in [3.63, 3.8) is 0 Å². The Morgan fingerprint density at radius 2 is 1.75 bits per heavy atom. The molecular formula is C17H28N2O. The van der Waals surface area contributed by atoms with Crippen LogP contribution in [0.25, 0.3) is 0 Å². The number of phenolic OH excluding ortho intramolecular Hbond substituents is 1. The lowest BCUT2D eigenvalue weighted by molar-refractivity contribution is 0.00233. The third-order valence-electron chi connectivity index (χ3n) is 4.78. The molecule has 0 bridgehead atoms. The number of hydrogen-bond acceptors (Lipinski definition) is 3. The van der Waals surface area contributed by atoms with Crippen molar-refractivity contribution in [1.82, 2.24) is 10.2 Å². The first kappa shape index (κ1) is 15.3. The monoisotopic (exact) mass is 276 g/mol. The molecule has 2 N–H and O–H groups in total. The molecule has 1 aliphatic heterocycles. The van der Waals surface area contributed by atoms with Gasteiger partial charge in [-0.05, 0) is 44.4 Å². The summed E-state index contributed by atoms with van der Waals surface area (Å²) >= 11 is 0. The van der Waals surface area contributed by atoms with Crippen molar-refractivity contribution in [2.45, 2.75) is 58.2 Å². The maximum atomic E-state index is 9.42. The SMILES string of the molecule is CCC1(CC)CNC(C)(C)CN1Cc1ccc(O)cc1. The van der Waals surface area contributed by atoms with E-state index in [-0.39, 0.29) is 11.1 Å². The van der Waals surface area contributed by atoms with Crippen LogP contribution < -0.4 is 5.32 Å². The molecule has 0 unspecified atom stereocenters. The molecule has 0 aliphatic carbocycles. The number of rotatable bonds is 4. The summed E-state index contributed by atoms with van der Waals surface area (Å²) in [6.45, 7) is 12.2. The fourth-order valence-electron chi connectivity index (χ4n) is 3.21. The highest BCUT2D eigenvalue weighted by atomic mass is 16.3. The average Bonchev–Trinajstić information content (AvgIpc) is 2.42. The summed E-state index contributed by atoms with van der Waals surface area (Å²) in [5.41, 5.74) is 1.67. The van der Waals surface area contributed by atoms with Gasteiger partial charge in [-0.2, -0.15) is 0 Å². The van der Waals surface area contributed by atoms with Crippen LogP contribution in [0, 0.1) is 0 Å². The van der Waals surface area contributed by atoms with Gasteiger partial charge in [0.15, 0.2) is 0 Å². The Hall–Kier alpha value is -1.06. The molecule has 0 atom stereocenters. The summed E-state index contributed by atoms with van der Waals surface area (Å²) in [6.07, 6.45) is 2.31. The number of nitrogens with zero attached hydrogens (tertiary/aromatic N) is 1. The summed E-state index contributed by atoms with van der Waals surface area (Å²) in [4.78, 5) is 2.62. The van der Waals surface area contributed by atoms with Crippen LogP contribution in [0.4, 0.5) is 0 Å². The maximum absolute atomic E-state index is 9.42. The van der Waals surface area contributed by atoms with Gasteiger partial charge >= 0.3 is 0 Å². The highest BCUT2D eigenvalue weighted by Gasteiger charge is 2.41. The van der Waals surface area contributed by atoms with Crippen molar-refractivity contribution in [3.8, 4) is 5.75 Å². The van der Waals surface area contributed by atoms with E-state index in [0.29, 0.717) is 5.75 Å². The Balaban J connectivity index is 2.21. The number of piperazine rings is 1. The van der Waals surface area contributed by atoms with Crippen LogP contribution in [0.15, 0.2) is 24.3 Å². The van der Waals surface area contributed by atoms with Crippen LogP contribution in [0.3, 0.4) is 0 Å². The third-order valence-corrected chi connectivity index (χ3v) is 4.78. The molecule has 0 aromatic heterocycles. The number of benzene rings is 1. The quantitative estimate of drug-likeness (QED) is 0.887.